The first-order valence-corrected chi connectivity index (χ1v) is 8.17. The van der Waals surface area contributed by atoms with E-state index < -0.39 is 0 Å². The minimum Gasteiger partial charge on any atom is -0.271 e. The van der Waals surface area contributed by atoms with Gasteiger partial charge >= 0.3 is 0 Å². The van der Waals surface area contributed by atoms with Gasteiger partial charge in [-0.1, -0.05) is 0 Å². The van der Waals surface area contributed by atoms with Crippen LogP contribution in [0.1, 0.15) is 30.2 Å². The number of halogens is 1. The summed E-state index contributed by atoms with van der Waals surface area (Å²) >= 11 is 5.47. The molecule has 4 rings (SSSR count). The van der Waals surface area contributed by atoms with Crippen LogP contribution in [0.3, 0.4) is 0 Å². The molecule has 3 N–H and O–H groups in total. The lowest BCUT2D eigenvalue weighted by Crippen LogP contribution is -2.31. The maximum atomic E-state index is 5.82. The number of thiophene rings is 1. The molecular weight excluding hydrogens is 296 g/mol. The molecule has 0 amide bonds. The number of hydrazine groups is 1. The van der Waals surface area contributed by atoms with Crippen LogP contribution in [0.4, 0.5) is 0 Å². The number of nitrogens with one attached hydrogen (secondary N) is 1. The Morgan fingerprint density at radius 1 is 1.35 bits per heavy atom. The van der Waals surface area contributed by atoms with Crippen molar-refractivity contribution in [2.75, 3.05) is 0 Å². The van der Waals surface area contributed by atoms with Gasteiger partial charge in [0.2, 0.25) is 0 Å². The predicted octanol–water partition coefficient (Wildman–Crippen LogP) is 3.31. The molecule has 5 unspecified atom stereocenters. The van der Waals surface area contributed by atoms with Crippen LogP contribution >= 0.6 is 27.3 Å². The molecule has 0 aromatic carbocycles. The van der Waals surface area contributed by atoms with Gasteiger partial charge in [0, 0.05) is 9.35 Å². The molecule has 5 atom stereocenters. The lowest BCUT2D eigenvalue weighted by molar-refractivity contribution is 0.377. The Bertz CT molecular complexity index is 430. The van der Waals surface area contributed by atoms with Gasteiger partial charge in [0.25, 0.3) is 0 Å². The van der Waals surface area contributed by atoms with E-state index in [9.17, 15) is 0 Å². The van der Waals surface area contributed by atoms with Crippen molar-refractivity contribution in [3.63, 3.8) is 0 Å². The van der Waals surface area contributed by atoms with E-state index in [-0.39, 0.29) is 0 Å². The second kappa shape index (κ2) is 3.80. The van der Waals surface area contributed by atoms with E-state index in [4.69, 9.17) is 5.84 Å². The Morgan fingerprint density at radius 3 is 2.59 bits per heavy atom. The van der Waals surface area contributed by atoms with Crippen LogP contribution in [0, 0.1) is 29.6 Å². The van der Waals surface area contributed by atoms with Gasteiger partial charge in [-0.05, 0) is 76.2 Å². The molecule has 3 fully saturated rings. The second-order valence-corrected chi connectivity index (χ2v) is 7.64. The van der Waals surface area contributed by atoms with Crippen molar-refractivity contribution in [2.24, 2.45) is 35.4 Å². The van der Waals surface area contributed by atoms with Gasteiger partial charge < -0.3 is 0 Å². The minimum atomic E-state index is 0.378. The van der Waals surface area contributed by atoms with Crippen LogP contribution in [0.2, 0.25) is 0 Å². The van der Waals surface area contributed by atoms with Gasteiger partial charge in [-0.15, -0.1) is 11.3 Å². The molecule has 1 heterocycles. The fraction of sp³-hybridized carbons (Fsp3) is 0.692. The van der Waals surface area contributed by atoms with Gasteiger partial charge in [-0.3, -0.25) is 11.3 Å². The SMILES string of the molecule is NNC(c1sccc1Br)C1C2C3CCC(C3)C21. The molecule has 0 aliphatic heterocycles. The predicted molar refractivity (Wildman–Crippen MR) is 73.4 cm³/mol. The number of fused-ring (bicyclic) bond motifs is 5. The van der Waals surface area contributed by atoms with Crippen molar-refractivity contribution in [3.05, 3.63) is 20.8 Å². The molecule has 3 aliphatic rings. The van der Waals surface area contributed by atoms with Gasteiger partial charge in [0.05, 0.1) is 6.04 Å². The second-order valence-electron chi connectivity index (χ2n) is 5.84. The lowest BCUT2D eigenvalue weighted by Gasteiger charge is -2.19. The fourth-order valence-corrected chi connectivity index (χ4v) is 6.46. The van der Waals surface area contributed by atoms with Gasteiger partial charge in [-0.25, -0.2) is 0 Å². The van der Waals surface area contributed by atoms with Crippen LogP contribution in [0.15, 0.2) is 15.9 Å². The van der Waals surface area contributed by atoms with Crippen molar-refractivity contribution in [3.8, 4) is 0 Å². The minimum absolute atomic E-state index is 0.378. The highest BCUT2D eigenvalue weighted by atomic mass is 79.9. The Balaban J connectivity index is 1.61. The average Bonchev–Trinajstić information content (AvgIpc) is 2.72. The summed E-state index contributed by atoms with van der Waals surface area (Å²) in [7, 11) is 0. The topological polar surface area (TPSA) is 38.0 Å². The zero-order valence-corrected chi connectivity index (χ0v) is 12.0. The van der Waals surface area contributed by atoms with Crippen molar-refractivity contribution in [2.45, 2.75) is 25.3 Å². The van der Waals surface area contributed by atoms with Gasteiger partial charge in [0.1, 0.15) is 0 Å². The Morgan fingerprint density at radius 2 is 2.06 bits per heavy atom. The Kier molecular flexibility index (Phi) is 2.45. The molecule has 3 saturated carbocycles. The zero-order chi connectivity index (χ0) is 11.6. The molecule has 0 radical (unpaired) electrons. The van der Waals surface area contributed by atoms with E-state index >= 15 is 0 Å². The lowest BCUT2D eigenvalue weighted by atomic mass is 9.97. The quantitative estimate of drug-likeness (QED) is 0.664. The maximum absolute atomic E-state index is 5.82. The molecule has 1 aromatic rings. The van der Waals surface area contributed by atoms with E-state index in [0.717, 1.165) is 29.6 Å². The highest BCUT2D eigenvalue weighted by Crippen LogP contribution is 2.72. The van der Waals surface area contributed by atoms with Crippen molar-refractivity contribution >= 4 is 27.3 Å². The summed E-state index contributed by atoms with van der Waals surface area (Å²) in [5, 5.41) is 2.15. The molecule has 0 spiro atoms. The summed E-state index contributed by atoms with van der Waals surface area (Å²) in [5.74, 6) is 10.6. The van der Waals surface area contributed by atoms with Crippen LogP contribution in [0.5, 0.6) is 0 Å². The first-order valence-electron chi connectivity index (χ1n) is 6.50. The summed E-state index contributed by atoms with van der Waals surface area (Å²) in [6, 6.07) is 2.51. The first-order chi connectivity index (χ1) is 8.31. The van der Waals surface area contributed by atoms with Gasteiger partial charge in [-0.2, -0.15) is 0 Å². The summed E-state index contributed by atoms with van der Waals surface area (Å²) in [5.41, 5.74) is 3.09. The van der Waals surface area contributed by atoms with E-state index in [0.29, 0.717) is 6.04 Å². The normalized spacial score (nSPS) is 43.8. The molecule has 0 saturated heterocycles. The van der Waals surface area contributed by atoms with Crippen LogP contribution < -0.4 is 11.3 Å². The van der Waals surface area contributed by atoms with Crippen molar-refractivity contribution in [1.29, 1.82) is 0 Å². The Hall–Kier alpha value is 0.100. The monoisotopic (exact) mass is 312 g/mol. The molecule has 2 bridgehead atoms. The van der Waals surface area contributed by atoms with Crippen LogP contribution in [-0.4, -0.2) is 0 Å². The number of hydrogen-bond donors (Lipinski definition) is 2. The Labute approximate surface area is 114 Å². The summed E-state index contributed by atoms with van der Waals surface area (Å²) in [4.78, 5) is 1.39. The maximum Gasteiger partial charge on any atom is 0.0598 e. The molecule has 2 nitrogen and oxygen atoms in total. The molecule has 17 heavy (non-hydrogen) atoms. The van der Waals surface area contributed by atoms with E-state index in [1.54, 1.807) is 0 Å². The van der Waals surface area contributed by atoms with Gasteiger partial charge in [0.15, 0.2) is 0 Å². The highest BCUT2D eigenvalue weighted by Gasteiger charge is 2.66. The number of nitrogens with two attached hydrogens (primary N) is 1. The van der Waals surface area contributed by atoms with E-state index in [1.165, 1.54) is 28.6 Å². The van der Waals surface area contributed by atoms with Crippen molar-refractivity contribution in [1.82, 2.24) is 5.43 Å². The molecule has 4 heteroatoms. The third kappa shape index (κ3) is 1.44. The average molecular weight is 313 g/mol. The molecule has 92 valence electrons. The summed E-state index contributed by atoms with van der Waals surface area (Å²) in [6.45, 7) is 0. The fourth-order valence-electron chi connectivity index (χ4n) is 4.73. The third-order valence-electron chi connectivity index (χ3n) is 5.29. The zero-order valence-electron chi connectivity index (χ0n) is 9.60. The standard InChI is InChI=1S/C13H17BrN2S/c14-8-3-4-17-13(8)12(16-15)11-9-6-1-2-7(5-6)10(9)11/h3-4,6-7,9-12,16H,1-2,5,15H2. The van der Waals surface area contributed by atoms with Crippen molar-refractivity contribution < 1.29 is 0 Å². The molecule has 3 aliphatic carbocycles. The molecular formula is C13H17BrN2S. The third-order valence-corrected chi connectivity index (χ3v) is 7.24. The summed E-state index contributed by atoms with van der Waals surface area (Å²) < 4.78 is 1.22. The number of hydrogen-bond acceptors (Lipinski definition) is 3. The first kappa shape index (κ1) is 11.0. The van der Waals surface area contributed by atoms with E-state index in [1.807, 2.05) is 11.3 Å². The number of rotatable bonds is 3. The van der Waals surface area contributed by atoms with Crippen LogP contribution in [-0.2, 0) is 0 Å². The summed E-state index contributed by atoms with van der Waals surface area (Å²) in [6.07, 6.45) is 4.46. The largest absolute Gasteiger partial charge is 0.271 e. The smallest absolute Gasteiger partial charge is 0.0598 e. The molecule has 1 aromatic heterocycles. The van der Waals surface area contributed by atoms with E-state index in [2.05, 4.69) is 32.8 Å². The highest BCUT2D eigenvalue weighted by molar-refractivity contribution is 9.10. The van der Waals surface area contributed by atoms with Crippen LogP contribution in [0.25, 0.3) is 0 Å².